The predicted octanol–water partition coefficient (Wildman–Crippen LogP) is 2.28. The van der Waals surface area contributed by atoms with E-state index < -0.39 is 12.1 Å². The molecule has 1 N–H and O–H groups in total. The highest BCUT2D eigenvalue weighted by Crippen LogP contribution is 2.52. The van der Waals surface area contributed by atoms with Gasteiger partial charge in [0.1, 0.15) is 5.75 Å². The average Bonchev–Trinajstić information content (AvgIpc) is 3.30. The van der Waals surface area contributed by atoms with Crippen molar-refractivity contribution in [2.24, 2.45) is 28.8 Å². The second-order valence-corrected chi connectivity index (χ2v) is 8.18. The van der Waals surface area contributed by atoms with Crippen molar-refractivity contribution in [1.29, 1.82) is 0 Å². The van der Waals surface area contributed by atoms with Crippen molar-refractivity contribution in [2.75, 3.05) is 0 Å². The zero-order valence-corrected chi connectivity index (χ0v) is 16.6. The molecule has 0 spiro atoms. The number of allylic oxidation sites excluding steroid dienone is 2. The second-order valence-electron chi connectivity index (χ2n) is 7.02. The zero-order valence-electron chi connectivity index (χ0n) is 14.4. The molecule has 2 aliphatic carbocycles. The maximum atomic E-state index is 12.6. The van der Waals surface area contributed by atoms with Crippen LogP contribution in [0.2, 0.25) is 0 Å². The van der Waals surface area contributed by atoms with Gasteiger partial charge in [-0.15, -0.1) is 0 Å². The van der Waals surface area contributed by atoms with Crippen LogP contribution in [0, 0.1) is 27.2 Å². The Balaban J connectivity index is 1.49. The lowest BCUT2D eigenvalue weighted by Gasteiger charge is -2.13. The fourth-order valence-corrected chi connectivity index (χ4v) is 4.73. The summed E-state index contributed by atoms with van der Waals surface area (Å²) < 4.78 is 6.09. The number of carbonyl (C=O) groups is 3. The normalized spacial score (nSPS) is 29.6. The van der Waals surface area contributed by atoms with E-state index >= 15 is 0 Å². The number of amides is 2. The summed E-state index contributed by atoms with van der Waals surface area (Å²) in [4.78, 5) is 36.1. The molecule has 4 rings (SSSR count). The minimum atomic E-state index is -1.04. The molecule has 140 valence electrons. The molecule has 1 aromatic carbocycles. The summed E-state index contributed by atoms with van der Waals surface area (Å²) in [7, 11) is 0. The molecule has 1 saturated carbocycles. The Bertz CT molecular complexity index is 866. The van der Waals surface area contributed by atoms with Crippen LogP contribution in [0.4, 0.5) is 0 Å². The first-order chi connectivity index (χ1) is 12.9. The van der Waals surface area contributed by atoms with Crippen LogP contribution in [-0.4, -0.2) is 40.2 Å². The lowest BCUT2D eigenvalue weighted by molar-refractivity contribution is -0.144. The Morgan fingerprint density at radius 1 is 1.30 bits per heavy atom. The summed E-state index contributed by atoms with van der Waals surface area (Å²) in [6.07, 6.45) is 5.49. The maximum Gasteiger partial charge on any atom is 0.344 e. The van der Waals surface area contributed by atoms with Crippen molar-refractivity contribution in [1.82, 2.24) is 5.01 Å². The first-order valence-corrected chi connectivity index (χ1v) is 9.74. The minimum absolute atomic E-state index is 0.158. The molecule has 2 bridgehead atoms. The van der Waals surface area contributed by atoms with E-state index in [0.717, 1.165) is 11.4 Å². The molecule has 1 saturated heterocycles. The number of ether oxygens (including phenoxy) is 1. The Kier molecular flexibility index (Phi) is 4.53. The number of fused-ring (bicyclic) bond motifs is 5. The van der Waals surface area contributed by atoms with Crippen LogP contribution < -0.4 is 4.74 Å². The molecule has 0 aromatic heterocycles. The van der Waals surface area contributed by atoms with Gasteiger partial charge in [0, 0.05) is 0 Å². The number of halogens is 1. The van der Waals surface area contributed by atoms with Crippen molar-refractivity contribution in [3.8, 4) is 5.75 Å². The van der Waals surface area contributed by atoms with E-state index in [1.807, 2.05) is 34.7 Å². The molecule has 2 fully saturated rings. The summed E-state index contributed by atoms with van der Waals surface area (Å²) in [6, 6.07) is 5.10. The number of nitrogens with zero attached hydrogens (tertiary/aromatic N) is 2. The van der Waals surface area contributed by atoms with Crippen LogP contribution in [0.5, 0.6) is 5.75 Å². The number of rotatable bonds is 5. The third-order valence-corrected chi connectivity index (χ3v) is 6.22. The zero-order chi connectivity index (χ0) is 19.3. The van der Waals surface area contributed by atoms with Crippen molar-refractivity contribution < 1.29 is 24.2 Å². The largest absolute Gasteiger partial charge is 0.479 e. The number of hydrogen-bond donors (Lipinski definition) is 1. The van der Waals surface area contributed by atoms with Gasteiger partial charge in [-0.25, -0.2) is 4.79 Å². The van der Waals surface area contributed by atoms with Crippen molar-refractivity contribution in [3.05, 3.63) is 39.5 Å². The number of benzene rings is 1. The monoisotopic (exact) mass is 480 g/mol. The van der Waals surface area contributed by atoms with Crippen LogP contribution >= 0.6 is 22.6 Å². The van der Waals surface area contributed by atoms with Crippen LogP contribution in [0.15, 0.2) is 35.5 Å². The fourth-order valence-electron chi connectivity index (χ4n) is 4.06. The van der Waals surface area contributed by atoms with Crippen LogP contribution in [0.3, 0.4) is 0 Å². The quantitative estimate of drug-likeness (QED) is 0.302. The number of aliphatic carboxylic acids is 1. The lowest BCUT2D eigenvalue weighted by atomic mass is 9.85. The summed E-state index contributed by atoms with van der Waals surface area (Å²) in [5.74, 6) is -1.25. The molecule has 5 atom stereocenters. The van der Waals surface area contributed by atoms with E-state index in [2.05, 4.69) is 5.10 Å². The molecular formula is C19H17IN2O5. The molecule has 0 radical (unpaired) electrons. The van der Waals surface area contributed by atoms with E-state index in [-0.39, 0.29) is 35.5 Å². The van der Waals surface area contributed by atoms with Gasteiger partial charge in [0.2, 0.25) is 0 Å². The van der Waals surface area contributed by atoms with Crippen LogP contribution in [-0.2, 0) is 14.4 Å². The van der Waals surface area contributed by atoms with Gasteiger partial charge in [-0.1, -0.05) is 12.2 Å². The van der Waals surface area contributed by atoms with Crippen molar-refractivity contribution in [2.45, 2.75) is 19.4 Å². The van der Waals surface area contributed by atoms with Crippen molar-refractivity contribution >= 4 is 46.6 Å². The predicted molar refractivity (Wildman–Crippen MR) is 104 cm³/mol. The van der Waals surface area contributed by atoms with Crippen molar-refractivity contribution in [3.63, 3.8) is 0 Å². The van der Waals surface area contributed by atoms with Gasteiger partial charge in [0.25, 0.3) is 11.8 Å². The van der Waals surface area contributed by atoms with E-state index in [1.165, 1.54) is 13.1 Å². The first kappa shape index (κ1) is 18.1. The van der Waals surface area contributed by atoms with Crippen LogP contribution in [0.25, 0.3) is 0 Å². The molecular weight excluding hydrogens is 463 g/mol. The van der Waals surface area contributed by atoms with Gasteiger partial charge >= 0.3 is 5.97 Å². The number of hydrazone groups is 1. The average molecular weight is 480 g/mol. The Labute approximate surface area is 169 Å². The van der Waals surface area contributed by atoms with Gasteiger partial charge in [0.05, 0.1) is 21.6 Å². The summed E-state index contributed by atoms with van der Waals surface area (Å²) >= 11 is 2.04. The molecule has 7 nitrogen and oxygen atoms in total. The Morgan fingerprint density at radius 2 is 1.93 bits per heavy atom. The molecule has 1 aliphatic heterocycles. The van der Waals surface area contributed by atoms with Crippen LogP contribution in [0.1, 0.15) is 18.9 Å². The minimum Gasteiger partial charge on any atom is -0.479 e. The standard InChI is InChI=1S/C19H17IN2O5/c1-9(19(25)26)27-14-5-2-10(6-13(14)20)8-21-22-17(23)15-11-3-4-12(7-11)16(15)18(22)24/h2-6,8-9,11-12,15-16H,7H2,1H3,(H,25,26)/t9-,11-,12-,15-,16+/m0/s1. The van der Waals surface area contributed by atoms with Gasteiger partial charge in [-0.3, -0.25) is 9.59 Å². The molecule has 2 amide bonds. The number of imide groups is 1. The number of hydrogen-bond acceptors (Lipinski definition) is 5. The number of carbonyl (C=O) groups excluding carboxylic acids is 2. The molecule has 3 aliphatic rings. The smallest absolute Gasteiger partial charge is 0.344 e. The van der Waals surface area contributed by atoms with Gasteiger partial charge in [-0.2, -0.15) is 10.1 Å². The molecule has 1 heterocycles. The lowest BCUT2D eigenvalue weighted by Crippen LogP contribution is -2.28. The summed E-state index contributed by atoms with van der Waals surface area (Å²) in [5, 5.41) is 14.1. The summed E-state index contributed by atoms with van der Waals surface area (Å²) in [5.41, 5.74) is 0.688. The van der Waals surface area contributed by atoms with E-state index in [4.69, 9.17) is 9.84 Å². The van der Waals surface area contributed by atoms with E-state index in [1.54, 1.807) is 18.2 Å². The highest BCUT2D eigenvalue weighted by molar-refractivity contribution is 14.1. The third kappa shape index (κ3) is 3.05. The molecule has 1 aromatic rings. The highest BCUT2D eigenvalue weighted by atomic mass is 127. The van der Waals surface area contributed by atoms with Gasteiger partial charge < -0.3 is 9.84 Å². The third-order valence-electron chi connectivity index (χ3n) is 5.38. The topological polar surface area (TPSA) is 96.3 Å². The SMILES string of the molecule is C[C@H](Oc1ccc(C=NN2C(=O)[C@@H]3[C@H](C2=O)[C@H]2C=C[C@H]3C2)cc1I)C(=O)O. The summed E-state index contributed by atoms with van der Waals surface area (Å²) in [6.45, 7) is 1.46. The molecule has 0 unspecified atom stereocenters. The van der Waals surface area contributed by atoms with Gasteiger partial charge in [0.15, 0.2) is 6.10 Å². The fraction of sp³-hybridized carbons (Fsp3) is 0.368. The Hall–Kier alpha value is -2.23. The molecule has 8 heteroatoms. The number of carboxylic acid groups (broad SMARTS) is 1. The second kappa shape index (κ2) is 6.74. The Morgan fingerprint density at radius 3 is 2.48 bits per heavy atom. The molecule has 27 heavy (non-hydrogen) atoms. The van der Waals surface area contributed by atoms with Gasteiger partial charge in [-0.05, 0) is 71.5 Å². The highest BCUT2D eigenvalue weighted by Gasteiger charge is 2.59. The van der Waals surface area contributed by atoms with E-state index in [9.17, 15) is 14.4 Å². The first-order valence-electron chi connectivity index (χ1n) is 8.66. The maximum absolute atomic E-state index is 12.6. The van der Waals surface area contributed by atoms with E-state index in [0.29, 0.717) is 14.9 Å². The number of carboxylic acids is 1.